The van der Waals surface area contributed by atoms with Gasteiger partial charge in [-0.15, -0.1) is 0 Å². The first kappa shape index (κ1) is 8.57. The van der Waals surface area contributed by atoms with E-state index in [9.17, 15) is 4.79 Å². The summed E-state index contributed by atoms with van der Waals surface area (Å²) in [5.41, 5.74) is 0. The number of hydrogen-bond donors (Lipinski definition) is 0. The van der Waals surface area contributed by atoms with Gasteiger partial charge in [0.1, 0.15) is 0 Å². The van der Waals surface area contributed by atoms with E-state index < -0.39 is 0 Å². The van der Waals surface area contributed by atoms with Crippen LogP contribution in [-0.4, -0.2) is 23.9 Å². The fourth-order valence-electron chi connectivity index (χ4n) is 1.94. The molecule has 1 aliphatic rings. The SMILES string of the molecule is CCC[C@H]1CCN(C=O)C1C. The van der Waals surface area contributed by atoms with Crippen LogP contribution in [0.4, 0.5) is 0 Å². The van der Waals surface area contributed by atoms with E-state index in [1.807, 2.05) is 4.90 Å². The standard InChI is InChI=1S/C9H17NO/c1-3-4-9-5-6-10(7-11)8(9)2/h7-9H,3-6H2,1-2H3/t8?,9-/m0/s1. The van der Waals surface area contributed by atoms with Gasteiger partial charge >= 0.3 is 0 Å². The summed E-state index contributed by atoms with van der Waals surface area (Å²) in [5.74, 6) is 0.755. The molecule has 64 valence electrons. The van der Waals surface area contributed by atoms with Crippen molar-refractivity contribution in [2.45, 2.75) is 39.2 Å². The Morgan fingerprint density at radius 2 is 2.36 bits per heavy atom. The first-order valence-electron chi connectivity index (χ1n) is 4.50. The highest BCUT2D eigenvalue weighted by atomic mass is 16.1. The molecule has 0 bridgehead atoms. The summed E-state index contributed by atoms with van der Waals surface area (Å²) in [6.07, 6.45) is 4.70. The smallest absolute Gasteiger partial charge is 0.209 e. The molecule has 2 nitrogen and oxygen atoms in total. The van der Waals surface area contributed by atoms with E-state index in [4.69, 9.17) is 0 Å². The van der Waals surface area contributed by atoms with Crippen molar-refractivity contribution in [1.82, 2.24) is 4.90 Å². The summed E-state index contributed by atoms with van der Waals surface area (Å²) in [6, 6.07) is 0.479. The zero-order chi connectivity index (χ0) is 8.27. The molecule has 11 heavy (non-hydrogen) atoms. The second-order valence-electron chi connectivity index (χ2n) is 3.42. The molecule has 0 aliphatic carbocycles. The Balaban J connectivity index is 2.41. The lowest BCUT2D eigenvalue weighted by molar-refractivity contribution is -0.118. The van der Waals surface area contributed by atoms with Crippen molar-refractivity contribution in [1.29, 1.82) is 0 Å². The van der Waals surface area contributed by atoms with Crippen LogP contribution in [0.3, 0.4) is 0 Å². The molecule has 1 aliphatic heterocycles. The maximum atomic E-state index is 10.5. The van der Waals surface area contributed by atoms with E-state index in [1.165, 1.54) is 19.3 Å². The Bertz CT molecular complexity index is 136. The molecule has 1 rings (SSSR count). The van der Waals surface area contributed by atoms with Gasteiger partial charge in [-0.05, 0) is 25.7 Å². The molecular formula is C9H17NO. The summed E-state index contributed by atoms with van der Waals surface area (Å²) < 4.78 is 0. The lowest BCUT2D eigenvalue weighted by atomic mass is 9.97. The molecule has 1 amide bonds. The van der Waals surface area contributed by atoms with Crippen molar-refractivity contribution in [3.63, 3.8) is 0 Å². The van der Waals surface area contributed by atoms with Gasteiger partial charge in [0.15, 0.2) is 0 Å². The van der Waals surface area contributed by atoms with Gasteiger partial charge in [0, 0.05) is 12.6 Å². The average molecular weight is 155 g/mol. The third-order valence-electron chi connectivity index (χ3n) is 2.76. The van der Waals surface area contributed by atoms with Gasteiger partial charge in [0.2, 0.25) is 6.41 Å². The van der Waals surface area contributed by atoms with Crippen LogP contribution in [0.15, 0.2) is 0 Å². The van der Waals surface area contributed by atoms with Crippen LogP contribution < -0.4 is 0 Å². The van der Waals surface area contributed by atoms with Crippen molar-refractivity contribution in [3.05, 3.63) is 0 Å². The van der Waals surface area contributed by atoms with Crippen LogP contribution >= 0.6 is 0 Å². The summed E-state index contributed by atoms with van der Waals surface area (Å²) in [5, 5.41) is 0. The second-order valence-corrected chi connectivity index (χ2v) is 3.42. The fourth-order valence-corrected chi connectivity index (χ4v) is 1.94. The van der Waals surface area contributed by atoms with Gasteiger partial charge in [-0.3, -0.25) is 4.79 Å². The second kappa shape index (κ2) is 3.74. The van der Waals surface area contributed by atoms with E-state index in [1.54, 1.807) is 0 Å². The van der Waals surface area contributed by atoms with Gasteiger partial charge in [0.25, 0.3) is 0 Å². The molecule has 0 saturated carbocycles. The molecule has 0 aromatic heterocycles. The van der Waals surface area contributed by atoms with Crippen molar-refractivity contribution >= 4 is 6.41 Å². The predicted molar refractivity (Wildman–Crippen MR) is 45.2 cm³/mol. The van der Waals surface area contributed by atoms with Crippen LogP contribution in [-0.2, 0) is 4.79 Å². The summed E-state index contributed by atoms with van der Waals surface area (Å²) in [6.45, 7) is 5.33. The van der Waals surface area contributed by atoms with Crippen LogP contribution in [0.25, 0.3) is 0 Å². The van der Waals surface area contributed by atoms with E-state index in [0.717, 1.165) is 18.9 Å². The molecule has 0 spiro atoms. The third-order valence-corrected chi connectivity index (χ3v) is 2.76. The molecule has 0 N–H and O–H groups in total. The van der Waals surface area contributed by atoms with Gasteiger partial charge in [-0.2, -0.15) is 0 Å². The largest absolute Gasteiger partial charge is 0.342 e. The van der Waals surface area contributed by atoms with Gasteiger partial charge < -0.3 is 4.90 Å². The number of hydrogen-bond acceptors (Lipinski definition) is 1. The Morgan fingerprint density at radius 3 is 2.82 bits per heavy atom. The number of carbonyl (C=O) groups is 1. The lowest BCUT2D eigenvalue weighted by Gasteiger charge is -2.19. The highest BCUT2D eigenvalue weighted by molar-refractivity contribution is 5.48. The molecule has 1 unspecified atom stereocenters. The van der Waals surface area contributed by atoms with Gasteiger partial charge in [0.05, 0.1) is 0 Å². The van der Waals surface area contributed by atoms with Crippen LogP contribution in [0, 0.1) is 5.92 Å². The maximum Gasteiger partial charge on any atom is 0.209 e. The molecule has 1 heterocycles. The maximum absolute atomic E-state index is 10.5. The minimum Gasteiger partial charge on any atom is -0.342 e. The first-order chi connectivity index (χ1) is 5.29. The molecule has 1 fully saturated rings. The molecule has 0 radical (unpaired) electrons. The number of rotatable bonds is 3. The van der Waals surface area contributed by atoms with Crippen LogP contribution in [0.1, 0.15) is 33.1 Å². The topological polar surface area (TPSA) is 20.3 Å². The summed E-state index contributed by atoms with van der Waals surface area (Å²) in [4.78, 5) is 12.4. The molecule has 0 aromatic carbocycles. The molecule has 0 aromatic rings. The Labute approximate surface area is 68.6 Å². The first-order valence-corrected chi connectivity index (χ1v) is 4.50. The lowest BCUT2D eigenvalue weighted by Crippen LogP contribution is -2.28. The zero-order valence-corrected chi connectivity index (χ0v) is 7.42. The predicted octanol–water partition coefficient (Wildman–Crippen LogP) is 1.65. The Hall–Kier alpha value is -0.530. The van der Waals surface area contributed by atoms with Crippen molar-refractivity contribution in [2.24, 2.45) is 5.92 Å². The minimum absolute atomic E-state index is 0.479. The van der Waals surface area contributed by atoms with Crippen molar-refractivity contribution in [3.8, 4) is 0 Å². The summed E-state index contributed by atoms with van der Waals surface area (Å²) in [7, 11) is 0. The van der Waals surface area contributed by atoms with E-state index in [0.29, 0.717) is 6.04 Å². The van der Waals surface area contributed by atoms with E-state index in [-0.39, 0.29) is 0 Å². The molecular weight excluding hydrogens is 138 g/mol. The third kappa shape index (κ3) is 1.73. The summed E-state index contributed by atoms with van der Waals surface area (Å²) >= 11 is 0. The zero-order valence-electron chi connectivity index (χ0n) is 7.42. The fraction of sp³-hybridized carbons (Fsp3) is 0.889. The number of carbonyl (C=O) groups excluding carboxylic acids is 1. The number of amides is 1. The minimum atomic E-state index is 0.479. The number of nitrogens with zero attached hydrogens (tertiary/aromatic N) is 1. The normalized spacial score (nSPS) is 30.9. The Morgan fingerprint density at radius 1 is 1.64 bits per heavy atom. The van der Waals surface area contributed by atoms with Crippen LogP contribution in [0.5, 0.6) is 0 Å². The highest BCUT2D eigenvalue weighted by Crippen LogP contribution is 2.26. The van der Waals surface area contributed by atoms with Crippen LogP contribution in [0.2, 0.25) is 0 Å². The molecule has 1 saturated heterocycles. The van der Waals surface area contributed by atoms with Gasteiger partial charge in [-0.25, -0.2) is 0 Å². The molecule has 2 atom stereocenters. The van der Waals surface area contributed by atoms with E-state index >= 15 is 0 Å². The van der Waals surface area contributed by atoms with Crippen molar-refractivity contribution < 1.29 is 4.79 Å². The highest BCUT2D eigenvalue weighted by Gasteiger charge is 2.28. The quantitative estimate of drug-likeness (QED) is 0.567. The Kier molecular flexibility index (Phi) is 2.92. The average Bonchev–Trinajstić information content (AvgIpc) is 2.34. The van der Waals surface area contributed by atoms with E-state index in [2.05, 4.69) is 13.8 Å². The number of likely N-dealkylation sites (tertiary alicyclic amines) is 1. The monoisotopic (exact) mass is 155 g/mol. The van der Waals surface area contributed by atoms with Crippen molar-refractivity contribution in [2.75, 3.05) is 6.54 Å². The molecule has 2 heteroatoms. The van der Waals surface area contributed by atoms with Gasteiger partial charge in [-0.1, -0.05) is 13.3 Å².